The first-order valence-electron chi connectivity index (χ1n) is 6.05. The molecule has 0 saturated carbocycles. The van der Waals surface area contributed by atoms with Gasteiger partial charge in [0.05, 0.1) is 11.7 Å². The predicted molar refractivity (Wildman–Crippen MR) is 68.3 cm³/mol. The molecular weight excluding hydrogens is 214 g/mol. The third kappa shape index (κ3) is 5.45. The van der Waals surface area contributed by atoms with Crippen LogP contribution in [0.4, 0.5) is 0 Å². The number of rotatable bonds is 6. The molecule has 4 heteroatoms. The average molecular weight is 235 g/mol. The van der Waals surface area contributed by atoms with E-state index < -0.39 is 0 Å². The van der Waals surface area contributed by atoms with Crippen LogP contribution in [0.25, 0.3) is 0 Å². The van der Waals surface area contributed by atoms with Crippen molar-refractivity contribution in [2.24, 2.45) is 5.73 Å². The zero-order valence-electron chi connectivity index (χ0n) is 10.5. The summed E-state index contributed by atoms with van der Waals surface area (Å²) in [5.41, 5.74) is 6.51. The van der Waals surface area contributed by atoms with Gasteiger partial charge in [-0.05, 0) is 38.8 Å². The number of hydrogen-bond acceptors (Lipinski definition) is 3. The van der Waals surface area contributed by atoms with E-state index in [1.165, 1.54) is 0 Å². The molecule has 4 nitrogen and oxygen atoms in total. The van der Waals surface area contributed by atoms with Crippen LogP contribution in [-0.4, -0.2) is 16.9 Å². The molecule has 1 amide bonds. The number of aromatic nitrogens is 1. The lowest BCUT2D eigenvalue weighted by atomic mass is 10.1. The maximum Gasteiger partial charge on any atom is 0.220 e. The van der Waals surface area contributed by atoms with Gasteiger partial charge in [0.25, 0.3) is 0 Å². The standard InChI is InChI=1S/C13H21N3O/c1-10(14)6-5-8-13(17)16-11(2)12-7-3-4-9-15-12/h3-4,7,9-11H,5-6,8,14H2,1-2H3,(H,16,17)/t10?,11-/m1/s1. The molecule has 0 aliphatic rings. The highest BCUT2D eigenvalue weighted by atomic mass is 16.1. The van der Waals surface area contributed by atoms with Gasteiger partial charge in [-0.1, -0.05) is 6.07 Å². The molecule has 1 heterocycles. The van der Waals surface area contributed by atoms with E-state index in [1.54, 1.807) is 6.20 Å². The highest BCUT2D eigenvalue weighted by Gasteiger charge is 2.09. The van der Waals surface area contributed by atoms with Gasteiger partial charge in [0.15, 0.2) is 0 Å². The van der Waals surface area contributed by atoms with Gasteiger partial charge in [0.2, 0.25) is 5.91 Å². The number of carbonyl (C=O) groups is 1. The van der Waals surface area contributed by atoms with Crippen LogP contribution in [0, 0.1) is 0 Å². The number of nitrogens with one attached hydrogen (secondary N) is 1. The quantitative estimate of drug-likeness (QED) is 0.789. The molecule has 0 aromatic carbocycles. The third-order valence-electron chi connectivity index (χ3n) is 2.57. The van der Waals surface area contributed by atoms with Crippen molar-refractivity contribution in [3.63, 3.8) is 0 Å². The molecule has 1 aromatic heterocycles. The lowest BCUT2D eigenvalue weighted by Gasteiger charge is -2.13. The Kier molecular flexibility index (Phi) is 5.63. The van der Waals surface area contributed by atoms with Crippen LogP contribution in [0.5, 0.6) is 0 Å². The Bertz CT molecular complexity index is 338. The van der Waals surface area contributed by atoms with Gasteiger partial charge in [-0.15, -0.1) is 0 Å². The lowest BCUT2D eigenvalue weighted by molar-refractivity contribution is -0.121. The van der Waals surface area contributed by atoms with Crippen molar-refractivity contribution in [2.45, 2.75) is 45.2 Å². The zero-order chi connectivity index (χ0) is 12.7. The monoisotopic (exact) mass is 235 g/mol. The van der Waals surface area contributed by atoms with Crippen molar-refractivity contribution in [1.82, 2.24) is 10.3 Å². The Labute approximate surface area is 103 Å². The van der Waals surface area contributed by atoms with Gasteiger partial charge >= 0.3 is 0 Å². The highest BCUT2D eigenvalue weighted by Crippen LogP contribution is 2.08. The number of nitrogens with zero attached hydrogens (tertiary/aromatic N) is 1. The van der Waals surface area contributed by atoms with E-state index in [0.717, 1.165) is 18.5 Å². The maximum absolute atomic E-state index is 11.6. The zero-order valence-corrected chi connectivity index (χ0v) is 10.5. The maximum atomic E-state index is 11.6. The molecule has 1 rings (SSSR count). The van der Waals surface area contributed by atoms with Gasteiger partial charge in [-0.2, -0.15) is 0 Å². The van der Waals surface area contributed by atoms with Crippen molar-refractivity contribution >= 4 is 5.91 Å². The van der Waals surface area contributed by atoms with Crippen LogP contribution in [-0.2, 0) is 4.79 Å². The van der Waals surface area contributed by atoms with Gasteiger partial charge in [0, 0.05) is 18.7 Å². The third-order valence-corrected chi connectivity index (χ3v) is 2.57. The predicted octanol–water partition coefficient (Wildman–Crippen LogP) is 1.78. The fraction of sp³-hybridized carbons (Fsp3) is 0.538. The first-order chi connectivity index (χ1) is 8.09. The summed E-state index contributed by atoms with van der Waals surface area (Å²) in [5, 5.41) is 2.93. The summed E-state index contributed by atoms with van der Waals surface area (Å²) in [5.74, 6) is 0.0591. The minimum Gasteiger partial charge on any atom is -0.348 e. The number of pyridine rings is 1. The smallest absolute Gasteiger partial charge is 0.220 e. The molecule has 0 spiro atoms. The molecule has 3 N–H and O–H groups in total. The number of hydrogen-bond donors (Lipinski definition) is 2. The van der Waals surface area contributed by atoms with Crippen molar-refractivity contribution in [3.8, 4) is 0 Å². The van der Waals surface area contributed by atoms with E-state index >= 15 is 0 Å². The van der Waals surface area contributed by atoms with Crippen molar-refractivity contribution < 1.29 is 4.79 Å². The molecule has 0 aliphatic heterocycles. The van der Waals surface area contributed by atoms with Crippen LogP contribution in [0.1, 0.15) is 44.8 Å². The van der Waals surface area contributed by atoms with Crippen molar-refractivity contribution in [3.05, 3.63) is 30.1 Å². The molecule has 17 heavy (non-hydrogen) atoms. The highest BCUT2D eigenvalue weighted by molar-refractivity contribution is 5.76. The Morgan fingerprint density at radius 2 is 2.24 bits per heavy atom. The minimum atomic E-state index is -0.0426. The second kappa shape index (κ2) is 7.01. The Morgan fingerprint density at radius 3 is 2.82 bits per heavy atom. The number of amides is 1. The largest absolute Gasteiger partial charge is 0.348 e. The second-order valence-electron chi connectivity index (χ2n) is 4.41. The SMILES string of the molecule is CC(N)CCCC(=O)N[C@H](C)c1ccccn1. The van der Waals surface area contributed by atoms with E-state index in [4.69, 9.17) is 5.73 Å². The molecule has 0 radical (unpaired) electrons. The van der Waals surface area contributed by atoms with Crippen molar-refractivity contribution in [2.75, 3.05) is 0 Å². The van der Waals surface area contributed by atoms with Gasteiger partial charge < -0.3 is 11.1 Å². The van der Waals surface area contributed by atoms with Crippen LogP contribution in [0.15, 0.2) is 24.4 Å². The minimum absolute atomic E-state index is 0.0426. The van der Waals surface area contributed by atoms with Crippen molar-refractivity contribution in [1.29, 1.82) is 0 Å². The van der Waals surface area contributed by atoms with Gasteiger partial charge in [-0.25, -0.2) is 0 Å². The molecule has 0 fully saturated rings. The van der Waals surface area contributed by atoms with Crippen LogP contribution in [0.3, 0.4) is 0 Å². The Balaban J connectivity index is 2.31. The summed E-state index contributed by atoms with van der Waals surface area (Å²) in [6.45, 7) is 3.89. The summed E-state index contributed by atoms with van der Waals surface area (Å²) in [6, 6.07) is 5.81. The first-order valence-corrected chi connectivity index (χ1v) is 6.05. The molecule has 2 atom stereocenters. The number of nitrogens with two attached hydrogens (primary N) is 1. The van der Waals surface area contributed by atoms with E-state index in [2.05, 4.69) is 10.3 Å². The first kappa shape index (κ1) is 13.6. The summed E-state index contributed by atoms with van der Waals surface area (Å²) < 4.78 is 0. The van der Waals surface area contributed by atoms with E-state index in [1.807, 2.05) is 32.0 Å². The van der Waals surface area contributed by atoms with Gasteiger partial charge in [-0.3, -0.25) is 9.78 Å². The molecular formula is C13H21N3O. The average Bonchev–Trinajstić information content (AvgIpc) is 2.29. The molecule has 1 aromatic rings. The molecule has 94 valence electrons. The topological polar surface area (TPSA) is 68.0 Å². The van der Waals surface area contributed by atoms with Gasteiger partial charge in [0.1, 0.15) is 0 Å². The lowest BCUT2D eigenvalue weighted by Crippen LogP contribution is -2.27. The summed E-state index contributed by atoms with van der Waals surface area (Å²) >= 11 is 0. The van der Waals surface area contributed by atoms with Crippen LogP contribution in [0.2, 0.25) is 0 Å². The fourth-order valence-electron chi connectivity index (χ4n) is 1.60. The summed E-state index contributed by atoms with van der Waals surface area (Å²) in [4.78, 5) is 15.8. The summed E-state index contributed by atoms with van der Waals surface area (Å²) in [6.07, 6.45) is 3.97. The Hall–Kier alpha value is -1.42. The molecule has 1 unspecified atom stereocenters. The molecule has 0 aliphatic carbocycles. The normalized spacial score (nSPS) is 14.1. The molecule has 0 saturated heterocycles. The second-order valence-corrected chi connectivity index (χ2v) is 4.41. The number of carbonyl (C=O) groups excluding carboxylic acids is 1. The van der Waals surface area contributed by atoms with Crippen LogP contribution >= 0.6 is 0 Å². The fourth-order valence-corrected chi connectivity index (χ4v) is 1.60. The van der Waals surface area contributed by atoms with E-state index in [-0.39, 0.29) is 18.0 Å². The van der Waals surface area contributed by atoms with E-state index in [9.17, 15) is 4.79 Å². The summed E-state index contributed by atoms with van der Waals surface area (Å²) in [7, 11) is 0. The van der Waals surface area contributed by atoms with Crippen LogP contribution < -0.4 is 11.1 Å². The van der Waals surface area contributed by atoms with E-state index in [0.29, 0.717) is 6.42 Å². The molecule has 0 bridgehead atoms. The Morgan fingerprint density at radius 1 is 1.47 bits per heavy atom.